The number of amides is 2. The molecule has 0 spiro atoms. The fourth-order valence-corrected chi connectivity index (χ4v) is 3.46. The van der Waals surface area contributed by atoms with E-state index in [1.807, 2.05) is 54.4 Å². The highest BCUT2D eigenvalue weighted by atomic mass is 32.2. The number of aliphatic carboxylic acids is 2. The van der Waals surface area contributed by atoms with Crippen LogP contribution in [0.3, 0.4) is 0 Å². The SMILES string of the molecule is CN(CCOc1ccc(CC2SC(=O)NC2=O)cc1)c1ccccn1.O=C(O)C=CC(=O)O.O=P(O)(O)O. The van der Waals surface area contributed by atoms with Gasteiger partial charge in [-0.15, -0.1) is 0 Å². The van der Waals surface area contributed by atoms with Crippen molar-refractivity contribution in [3.8, 4) is 5.75 Å². The number of likely N-dealkylation sites (N-methyl/N-ethyl adjacent to an activating group) is 1. The third-order valence-corrected chi connectivity index (χ3v) is 5.20. The Bertz CT molecular complexity index is 1130. The number of anilines is 1. The Morgan fingerprint density at radius 1 is 1.08 bits per heavy atom. The van der Waals surface area contributed by atoms with E-state index >= 15 is 0 Å². The first-order chi connectivity index (χ1) is 17.7. The Balaban J connectivity index is 0.000000462. The van der Waals surface area contributed by atoms with E-state index in [9.17, 15) is 19.2 Å². The van der Waals surface area contributed by atoms with Crippen LogP contribution < -0.4 is 15.0 Å². The van der Waals surface area contributed by atoms with E-state index in [-0.39, 0.29) is 16.4 Å². The van der Waals surface area contributed by atoms with E-state index < -0.39 is 19.8 Å². The average molecular weight is 572 g/mol. The van der Waals surface area contributed by atoms with Crippen molar-refractivity contribution in [1.29, 1.82) is 0 Å². The number of imide groups is 1. The van der Waals surface area contributed by atoms with Crippen LogP contribution in [0.2, 0.25) is 0 Å². The average Bonchev–Trinajstić information content (AvgIpc) is 3.15. The largest absolute Gasteiger partial charge is 0.492 e. The number of ether oxygens (including phenoxy) is 1. The van der Waals surface area contributed by atoms with Crippen molar-refractivity contribution in [2.75, 3.05) is 25.1 Å². The summed E-state index contributed by atoms with van der Waals surface area (Å²) in [4.78, 5) is 69.8. The highest BCUT2D eigenvalue weighted by Gasteiger charge is 2.31. The number of hydrogen-bond donors (Lipinski definition) is 6. The number of thioether (sulfide) groups is 1. The van der Waals surface area contributed by atoms with E-state index in [0.29, 0.717) is 25.2 Å². The molecular weight excluding hydrogens is 545 g/mol. The molecular formula is C22H26N3O11PS. The van der Waals surface area contributed by atoms with E-state index in [1.54, 1.807) is 6.20 Å². The summed E-state index contributed by atoms with van der Waals surface area (Å²) in [6.45, 7) is 1.27. The van der Waals surface area contributed by atoms with Gasteiger partial charge in [-0.25, -0.2) is 19.1 Å². The summed E-state index contributed by atoms with van der Waals surface area (Å²) in [5, 5.41) is 17.3. The molecule has 6 N–H and O–H groups in total. The molecule has 1 aromatic carbocycles. The molecule has 1 aliphatic heterocycles. The summed E-state index contributed by atoms with van der Waals surface area (Å²) in [6, 6.07) is 13.4. The molecule has 2 aromatic rings. The fraction of sp³-hybridized carbons (Fsp3) is 0.227. The molecule has 1 aromatic heterocycles. The van der Waals surface area contributed by atoms with Crippen LogP contribution in [0.1, 0.15) is 5.56 Å². The number of carbonyl (C=O) groups excluding carboxylic acids is 2. The molecule has 38 heavy (non-hydrogen) atoms. The minimum Gasteiger partial charge on any atom is -0.492 e. The lowest BCUT2D eigenvalue weighted by Crippen LogP contribution is -2.25. The van der Waals surface area contributed by atoms with Crippen LogP contribution in [0.4, 0.5) is 10.6 Å². The lowest BCUT2D eigenvalue weighted by Gasteiger charge is -2.18. The Labute approximate surface area is 221 Å². The molecule has 0 saturated carbocycles. The van der Waals surface area contributed by atoms with Crippen molar-refractivity contribution in [3.63, 3.8) is 0 Å². The molecule has 14 nitrogen and oxygen atoms in total. The Morgan fingerprint density at radius 2 is 1.66 bits per heavy atom. The van der Waals surface area contributed by atoms with Gasteiger partial charge < -0.3 is 34.5 Å². The molecule has 1 unspecified atom stereocenters. The van der Waals surface area contributed by atoms with Gasteiger partial charge in [0.1, 0.15) is 18.2 Å². The number of pyridine rings is 1. The predicted molar refractivity (Wildman–Crippen MR) is 137 cm³/mol. The number of nitrogens with zero attached hydrogens (tertiary/aromatic N) is 2. The number of carboxylic acid groups (broad SMARTS) is 2. The number of benzene rings is 1. The van der Waals surface area contributed by atoms with Crippen molar-refractivity contribution in [3.05, 3.63) is 66.4 Å². The number of rotatable bonds is 9. The van der Waals surface area contributed by atoms with Crippen molar-refractivity contribution in [2.24, 2.45) is 0 Å². The van der Waals surface area contributed by atoms with E-state index in [2.05, 4.69) is 10.3 Å². The van der Waals surface area contributed by atoms with E-state index in [0.717, 1.165) is 35.4 Å². The molecule has 16 heteroatoms. The first-order valence-electron chi connectivity index (χ1n) is 10.5. The standard InChI is InChI=1S/C18H19N3O3S.C4H4O4.H3O4P/c1-21(16-4-2-3-9-19-16)10-11-24-14-7-5-13(6-8-14)12-15-17(22)20-18(23)25-15;5-3(6)1-2-4(7)8;1-5(2,3)4/h2-9,15H,10-12H2,1H3,(H,20,22,23);1-2H,(H,5,6)(H,7,8);(H3,1,2,3,4). The molecule has 206 valence electrons. The number of hydrogen-bond acceptors (Lipinski definition) is 9. The van der Waals surface area contributed by atoms with E-state index in [1.165, 1.54) is 0 Å². The van der Waals surface area contributed by atoms with Crippen LogP contribution in [0.25, 0.3) is 0 Å². The fourth-order valence-electron chi connectivity index (χ4n) is 2.60. The second kappa shape index (κ2) is 16.2. The predicted octanol–water partition coefficient (Wildman–Crippen LogP) is 1.27. The third-order valence-electron chi connectivity index (χ3n) is 4.22. The van der Waals surface area contributed by atoms with Crippen LogP contribution >= 0.6 is 19.6 Å². The number of carboxylic acids is 2. The van der Waals surface area contributed by atoms with Crippen molar-refractivity contribution < 1.29 is 53.4 Å². The Kier molecular flexibility index (Phi) is 13.7. The molecule has 1 atom stereocenters. The first kappa shape index (κ1) is 32.3. The maximum atomic E-state index is 11.6. The van der Waals surface area contributed by atoms with Crippen LogP contribution in [-0.4, -0.2) is 78.4 Å². The Hall–Kier alpha value is -3.75. The van der Waals surface area contributed by atoms with Gasteiger partial charge in [0.15, 0.2) is 0 Å². The smallest absolute Gasteiger partial charge is 0.466 e. The molecule has 1 saturated heterocycles. The van der Waals surface area contributed by atoms with Gasteiger partial charge in [0.05, 0.1) is 11.8 Å². The van der Waals surface area contributed by atoms with Crippen molar-refractivity contribution >= 4 is 48.5 Å². The normalized spacial score (nSPS) is 14.5. The van der Waals surface area contributed by atoms with Gasteiger partial charge in [-0.1, -0.05) is 30.0 Å². The van der Waals surface area contributed by atoms with Crippen LogP contribution in [0, 0.1) is 0 Å². The summed E-state index contributed by atoms with van der Waals surface area (Å²) in [5.41, 5.74) is 1.00. The summed E-state index contributed by atoms with van der Waals surface area (Å²) < 4.78 is 14.6. The van der Waals surface area contributed by atoms with Crippen LogP contribution in [0.5, 0.6) is 5.75 Å². The van der Waals surface area contributed by atoms with Gasteiger partial charge >= 0.3 is 19.8 Å². The quantitative estimate of drug-likeness (QED) is 0.184. The van der Waals surface area contributed by atoms with Gasteiger partial charge in [-0.05, 0) is 36.2 Å². The summed E-state index contributed by atoms with van der Waals surface area (Å²) in [5.74, 6) is -1.05. The molecule has 0 bridgehead atoms. The molecule has 2 amide bonds. The number of nitrogens with one attached hydrogen (secondary N) is 1. The van der Waals surface area contributed by atoms with Gasteiger partial charge in [-0.3, -0.25) is 14.9 Å². The number of carbonyl (C=O) groups is 4. The summed E-state index contributed by atoms with van der Waals surface area (Å²) in [6.07, 6.45) is 3.41. The van der Waals surface area contributed by atoms with Gasteiger partial charge in [0, 0.05) is 25.4 Å². The minimum absolute atomic E-state index is 0.215. The maximum Gasteiger partial charge on any atom is 0.466 e. The van der Waals surface area contributed by atoms with Gasteiger partial charge in [-0.2, -0.15) is 0 Å². The van der Waals surface area contributed by atoms with Crippen LogP contribution in [-0.2, 0) is 25.4 Å². The lowest BCUT2D eigenvalue weighted by atomic mass is 10.1. The highest BCUT2D eigenvalue weighted by molar-refractivity contribution is 8.15. The number of aromatic nitrogens is 1. The summed E-state index contributed by atoms with van der Waals surface area (Å²) in [7, 11) is -2.67. The maximum absolute atomic E-state index is 11.6. The molecule has 3 rings (SSSR count). The van der Waals surface area contributed by atoms with Crippen molar-refractivity contribution in [2.45, 2.75) is 11.7 Å². The molecule has 1 fully saturated rings. The monoisotopic (exact) mass is 571 g/mol. The van der Waals surface area contributed by atoms with Gasteiger partial charge in [0.2, 0.25) is 5.91 Å². The van der Waals surface area contributed by atoms with Crippen molar-refractivity contribution in [1.82, 2.24) is 10.3 Å². The van der Waals surface area contributed by atoms with E-state index in [4.69, 9.17) is 34.2 Å². The Morgan fingerprint density at radius 3 is 2.11 bits per heavy atom. The zero-order valence-corrected chi connectivity index (χ0v) is 21.6. The molecule has 2 heterocycles. The minimum atomic E-state index is -4.64. The lowest BCUT2D eigenvalue weighted by molar-refractivity contribution is -0.134. The zero-order valence-electron chi connectivity index (χ0n) is 19.9. The third kappa shape index (κ3) is 15.4. The molecule has 1 aliphatic rings. The topological polar surface area (TPSA) is 224 Å². The number of phosphoric acid groups is 1. The molecule has 0 aliphatic carbocycles. The van der Waals surface area contributed by atoms with Crippen LogP contribution in [0.15, 0.2) is 60.8 Å². The second-order valence-electron chi connectivity index (χ2n) is 7.21. The highest BCUT2D eigenvalue weighted by Crippen LogP contribution is 2.26. The van der Waals surface area contributed by atoms with Gasteiger partial charge in [0.25, 0.3) is 5.24 Å². The molecule has 0 radical (unpaired) electrons. The summed E-state index contributed by atoms with van der Waals surface area (Å²) >= 11 is 1.05. The first-order valence-corrected chi connectivity index (χ1v) is 13.0. The second-order valence-corrected chi connectivity index (χ2v) is 9.41. The zero-order chi connectivity index (χ0) is 28.7.